The first-order valence-electron chi connectivity index (χ1n) is 11.6. The number of nitrogens with zero attached hydrogens (tertiary/aromatic N) is 1. The van der Waals surface area contributed by atoms with Gasteiger partial charge in [0.25, 0.3) is 10.1 Å². The fraction of sp³-hybridized carbons (Fsp3) is 0.172. The van der Waals surface area contributed by atoms with Crippen LogP contribution >= 0.6 is 11.6 Å². The van der Waals surface area contributed by atoms with Crippen LogP contribution in [0.5, 0.6) is 0 Å². The lowest BCUT2D eigenvalue weighted by Gasteiger charge is -2.18. The molecule has 0 radical (unpaired) electrons. The molecule has 0 spiro atoms. The van der Waals surface area contributed by atoms with E-state index in [0.717, 1.165) is 34.0 Å². The van der Waals surface area contributed by atoms with E-state index in [1.54, 1.807) is 12.1 Å². The van der Waals surface area contributed by atoms with Gasteiger partial charge in [-0.2, -0.15) is 8.42 Å². The SMILES string of the molecule is COC(=O)c1ccccc1CC[C@@H](OS(C)(=O)=O)c1cccc(/C=C/c2ccc3ccc(Cl)cc3n2)c1. The van der Waals surface area contributed by atoms with Crippen molar-refractivity contribution in [3.8, 4) is 0 Å². The second-order valence-corrected chi connectivity index (χ2v) is 10.6. The summed E-state index contributed by atoms with van der Waals surface area (Å²) in [4.78, 5) is 16.8. The molecule has 0 amide bonds. The molecule has 0 aliphatic carbocycles. The summed E-state index contributed by atoms with van der Waals surface area (Å²) in [6.07, 6.45) is 4.88. The van der Waals surface area contributed by atoms with Gasteiger partial charge in [0, 0.05) is 10.4 Å². The number of esters is 1. The fourth-order valence-corrected chi connectivity index (χ4v) is 4.85. The Hall–Kier alpha value is -3.52. The zero-order valence-electron chi connectivity index (χ0n) is 20.4. The summed E-state index contributed by atoms with van der Waals surface area (Å²) < 4.78 is 34.4. The standard InChI is InChI=1S/C29H26ClNO5S/c1-35-29(32)26-9-4-3-7-21(26)13-17-28(36-37(2,33)34)23-8-5-6-20(18-23)10-15-25-16-12-22-11-14-24(30)19-27(22)31-25/h3-12,14-16,18-19,28H,13,17H2,1-2H3/b15-10+/t28-/m1/s1. The normalized spacial score (nSPS) is 12.6. The van der Waals surface area contributed by atoms with Crippen LogP contribution in [0.15, 0.2) is 78.9 Å². The van der Waals surface area contributed by atoms with Crippen LogP contribution in [-0.2, 0) is 25.5 Å². The van der Waals surface area contributed by atoms with Crippen LogP contribution in [0.3, 0.4) is 0 Å². The second-order valence-electron chi connectivity index (χ2n) is 8.55. The van der Waals surface area contributed by atoms with Gasteiger partial charge in [0.2, 0.25) is 0 Å². The summed E-state index contributed by atoms with van der Waals surface area (Å²) in [7, 11) is -2.40. The van der Waals surface area contributed by atoms with Crippen molar-refractivity contribution in [3.05, 3.63) is 112 Å². The molecule has 0 fully saturated rings. The molecular formula is C29H26ClNO5S. The van der Waals surface area contributed by atoms with Gasteiger partial charge in [0.05, 0.1) is 30.1 Å². The van der Waals surface area contributed by atoms with Gasteiger partial charge >= 0.3 is 5.97 Å². The molecule has 0 unspecified atom stereocenters. The molecule has 8 heteroatoms. The molecule has 6 nitrogen and oxygen atoms in total. The van der Waals surface area contributed by atoms with Crippen LogP contribution in [0, 0.1) is 0 Å². The zero-order valence-corrected chi connectivity index (χ0v) is 22.0. The molecule has 0 aliphatic heterocycles. The van der Waals surface area contributed by atoms with Gasteiger partial charge in [-0.3, -0.25) is 4.18 Å². The number of hydrogen-bond acceptors (Lipinski definition) is 6. The van der Waals surface area contributed by atoms with Gasteiger partial charge < -0.3 is 4.74 Å². The number of ether oxygens (including phenoxy) is 1. The van der Waals surface area contributed by atoms with E-state index in [1.807, 2.05) is 78.9 Å². The summed E-state index contributed by atoms with van der Waals surface area (Å²) in [5, 5.41) is 1.62. The first-order chi connectivity index (χ1) is 17.7. The van der Waals surface area contributed by atoms with Crippen molar-refractivity contribution in [3.63, 3.8) is 0 Å². The van der Waals surface area contributed by atoms with Crippen LogP contribution < -0.4 is 0 Å². The van der Waals surface area contributed by atoms with Crippen molar-refractivity contribution in [1.29, 1.82) is 0 Å². The molecule has 4 rings (SSSR count). The minimum absolute atomic E-state index is 0.348. The predicted octanol–water partition coefficient (Wildman–Crippen LogP) is 6.50. The summed E-state index contributed by atoms with van der Waals surface area (Å²) in [5.74, 6) is -0.437. The van der Waals surface area contributed by atoms with Crippen molar-refractivity contribution in [1.82, 2.24) is 4.98 Å². The number of halogens is 1. The number of pyridine rings is 1. The Morgan fingerprint density at radius 2 is 1.78 bits per heavy atom. The largest absolute Gasteiger partial charge is 0.465 e. The molecule has 1 heterocycles. The monoisotopic (exact) mass is 535 g/mol. The van der Waals surface area contributed by atoms with E-state index < -0.39 is 22.2 Å². The zero-order chi connectivity index (χ0) is 26.4. The minimum Gasteiger partial charge on any atom is -0.465 e. The lowest BCUT2D eigenvalue weighted by Crippen LogP contribution is -2.13. The second kappa shape index (κ2) is 11.7. The Kier molecular flexibility index (Phi) is 8.38. The number of aryl methyl sites for hydroxylation is 1. The number of benzene rings is 3. The Labute approximate surface area is 221 Å². The van der Waals surface area contributed by atoms with E-state index in [4.69, 9.17) is 20.5 Å². The molecule has 0 bridgehead atoms. The third-order valence-electron chi connectivity index (χ3n) is 5.79. The van der Waals surface area contributed by atoms with E-state index in [1.165, 1.54) is 7.11 Å². The van der Waals surface area contributed by atoms with Gasteiger partial charge in [-0.05, 0) is 65.9 Å². The van der Waals surface area contributed by atoms with E-state index in [9.17, 15) is 13.2 Å². The quantitative estimate of drug-likeness (QED) is 0.180. The summed E-state index contributed by atoms with van der Waals surface area (Å²) in [5.41, 5.74) is 4.35. The Bertz CT molecular complexity index is 1570. The number of fused-ring (bicyclic) bond motifs is 1. The predicted molar refractivity (Wildman–Crippen MR) is 147 cm³/mol. The summed E-state index contributed by atoms with van der Waals surface area (Å²) in [6.45, 7) is 0. The van der Waals surface area contributed by atoms with Crippen LogP contribution in [0.25, 0.3) is 23.1 Å². The number of hydrogen-bond donors (Lipinski definition) is 0. The van der Waals surface area contributed by atoms with E-state index in [0.29, 0.717) is 29.0 Å². The van der Waals surface area contributed by atoms with Crippen molar-refractivity contribution >= 4 is 50.7 Å². The van der Waals surface area contributed by atoms with Gasteiger partial charge in [-0.15, -0.1) is 0 Å². The topological polar surface area (TPSA) is 82.6 Å². The minimum atomic E-state index is -3.73. The average molecular weight is 536 g/mol. The molecule has 1 aromatic heterocycles. The number of rotatable bonds is 9. The van der Waals surface area contributed by atoms with Gasteiger partial charge in [-0.25, -0.2) is 9.78 Å². The van der Waals surface area contributed by atoms with E-state index in [-0.39, 0.29) is 0 Å². The number of methoxy groups -OCH3 is 1. The van der Waals surface area contributed by atoms with Gasteiger partial charge in [0.15, 0.2) is 0 Å². The molecule has 0 saturated carbocycles. The Balaban J connectivity index is 1.57. The van der Waals surface area contributed by atoms with Crippen molar-refractivity contribution in [2.75, 3.05) is 13.4 Å². The highest BCUT2D eigenvalue weighted by molar-refractivity contribution is 7.86. The number of carbonyl (C=O) groups is 1. The number of aromatic nitrogens is 1. The van der Waals surface area contributed by atoms with Gasteiger partial charge in [-0.1, -0.05) is 66.2 Å². The molecule has 4 aromatic rings. The first kappa shape index (κ1) is 26.5. The lowest BCUT2D eigenvalue weighted by molar-refractivity contribution is 0.0599. The van der Waals surface area contributed by atoms with Crippen LogP contribution in [-0.4, -0.2) is 32.7 Å². The summed E-state index contributed by atoms with van der Waals surface area (Å²) >= 11 is 6.10. The van der Waals surface area contributed by atoms with Crippen LogP contribution in [0.2, 0.25) is 5.02 Å². The van der Waals surface area contributed by atoms with Crippen molar-refractivity contribution in [2.24, 2.45) is 0 Å². The van der Waals surface area contributed by atoms with Crippen LogP contribution in [0.4, 0.5) is 0 Å². The first-order valence-corrected chi connectivity index (χ1v) is 13.8. The molecule has 37 heavy (non-hydrogen) atoms. The maximum atomic E-state index is 12.1. The van der Waals surface area contributed by atoms with Crippen LogP contribution in [0.1, 0.15) is 45.3 Å². The average Bonchev–Trinajstić information content (AvgIpc) is 2.89. The highest BCUT2D eigenvalue weighted by Gasteiger charge is 2.20. The van der Waals surface area contributed by atoms with Crippen molar-refractivity contribution in [2.45, 2.75) is 18.9 Å². The smallest absolute Gasteiger partial charge is 0.338 e. The van der Waals surface area contributed by atoms with Gasteiger partial charge in [0.1, 0.15) is 6.10 Å². The maximum absolute atomic E-state index is 12.1. The maximum Gasteiger partial charge on any atom is 0.338 e. The third kappa shape index (κ3) is 7.26. The highest BCUT2D eigenvalue weighted by atomic mass is 35.5. The van der Waals surface area contributed by atoms with E-state index >= 15 is 0 Å². The Morgan fingerprint density at radius 3 is 2.57 bits per heavy atom. The Morgan fingerprint density at radius 1 is 1.00 bits per heavy atom. The number of carbonyl (C=O) groups excluding carboxylic acids is 1. The molecule has 1 atom stereocenters. The fourth-order valence-electron chi connectivity index (χ4n) is 4.06. The molecule has 3 aromatic carbocycles. The van der Waals surface area contributed by atoms with Crippen molar-refractivity contribution < 1.29 is 22.1 Å². The van der Waals surface area contributed by atoms with E-state index in [2.05, 4.69) is 4.98 Å². The third-order valence-corrected chi connectivity index (χ3v) is 6.61. The highest BCUT2D eigenvalue weighted by Crippen LogP contribution is 2.27. The molecule has 0 aliphatic rings. The summed E-state index contributed by atoms with van der Waals surface area (Å²) in [6, 6.07) is 24.1. The molecule has 0 saturated heterocycles. The molecule has 0 N–H and O–H groups in total. The molecule has 190 valence electrons. The molecular weight excluding hydrogens is 510 g/mol. The lowest BCUT2D eigenvalue weighted by atomic mass is 9.97.